The Morgan fingerprint density at radius 3 is 1.14 bits per heavy atom. The molecule has 0 saturated heterocycles. The summed E-state index contributed by atoms with van der Waals surface area (Å²) in [7, 11) is 1.14. The van der Waals surface area contributed by atoms with Crippen LogP contribution < -0.4 is 10.2 Å². The number of rotatable bonds is 60. The standard InChI is InChI=1S/C75H127N2O7P/c1-7-10-13-16-19-22-25-28-30-32-34-35-36-37-38-39-40-41-43-45-47-50-53-56-59-62-65-68-75(79)84-73(66-63-60-57-54-51-48-27-24-21-18-15-12-9-3)72(71-83-85(80,81)82-70-69-77(4,5)6)76-74(78)67-64-61-58-55-52-49-46-44-42-33-31-29-26-23-20-17-14-11-8-2/h10-11,13-14,19-20,22-23,28-31,34-35,37-38,40-42,44,49,52,63,66,72-73H,7-9,12,15-18,21,24-27,32-33,36,39,43,45-48,50-51,53-62,64-65,67-71H2,1-6H3,(H-,76,78,80,81)/b13-10-,14-11-,22-19-,23-20-,30-28-,31-29-,35-34-,38-37-,41-40-,44-42-,52-49-,66-63-. The molecule has 0 rings (SSSR count). The molecule has 1 amide bonds. The van der Waals surface area contributed by atoms with E-state index in [0.29, 0.717) is 23.9 Å². The summed E-state index contributed by atoms with van der Waals surface area (Å²) >= 11 is 0. The normalized spacial score (nSPS) is 14.5. The van der Waals surface area contributed by atoms with E-state index in [-0.39, 0.29) is 31.3 Å². The van der Waals surface area contributed by atoms with Crippen molar-refractivity contribution in [3.63, 3.8) is 0 Å². The fourth-order valence-electron chi connectivity index (χ4n) is 9.08. The van der Waals surface area contributed by atoms with Crippen LogP contribution in [-0.4, -0.2) is 69.4 Å². The Kier molecular flexibility index (Phi) is 59.9. The summed E-state index contributed by atoms with van der Waals surface area (Å²) in [5.41, 5.74) is 0. The average molecular weight is 1200 g/mol. The molecular formula is C75H127N2O7P. The molecule has 0 bridgehead atoms. The maximum atomic E-state index is 13.6. The van der Waals surface area contributed by atoms with Gasteiger partial charge in [0.05, 0.1) is 33.8 Å². The van der Waals surface area contributed by atoms with Crippen LogP contribution in [0.4, 0.5) is 0 Å². The summed E-state index contributed by atoms with van der Waals surface area (Å²) in [5.74, 6) is -0.596. The fraction of sp³-hybridized carbons (Fsp3) is 0.653. The minimum Gasteiger partial charge on any atom is -0.756 e. The number of unbranched alkanes of at least 4 members (excludes halogenated alkanes) is 22. The van der Waals surface area contributed by atoms with Crippen molar-refractivity contribution in [2.75, 3.05) is 40.9 Å². The Balaban J connectivity index is 5.23. The molecule has 0 aliphatic carbocycles. The van der Waals surface area contributed by atoms with E-state index in [1.165, 1.54) is 83.5 Å². The van der Waals surface area contributed by atoms with E-state index in [1.54, 1.807) is 0 Å². The number of hydrogen-bond acceptors (Lipinski definition) is 7. The molecule has 0 radical (unpaired) electrons. The summed E-state index contributed by atoms with van der Waals surface area (Å²) in [6, 6.07) is -0.921. The topological polar surface area (TPSA) is 114 Å². The molecule has 0 aromatic carbocycles. The molecule has 0 aromatic heterocycles. The van der Waals surface area contributed by atoms with Crippen molar-refractivity contribution >= 4 is 19.7 Å². The predicted octanol–water partition coefficient (Wildman–Crippen LogP) is 21.1. The Labute approximate surface area is 523 Å². The van der Waals surface area contributed by atoms with Crippen molar-refractivity contribution < 1.29 is 37.3 Å². The van der Waals surface area contributed by atoms with Gasteiger partial charge < -0.3 is 28.5 Å². The lowest BCUT2D eigenvalue weighted by molar-refractivity contribution is -0.870. The van der Waals surface area contributed by atoms with E-state index >= 15 is 0 Å². The number of likely N-dealkylation sites (N-methyl/N-ethyl adjacent to an activating group) is 1. The molecule has 0 heterocycles. The molecule has 484 valence electrons. The largest absolute Gasteiger partial charge is 0.756 e. The molecule has 10 heteroatoms. The number of quaternary nitrogens is 1. The monoisotopic (exact) mass is 1200 g/mol. The number of ether oxygens (including phenoxy) is 1. The van der Waals surface area contributed by atoms with Gasteiger partial charge in [-0.05, 0) is 128 Å². The van der Waals surface area contributed by atoms with Crippen molar-refractivity contribution in [2.24, 2.45) is 0 Å². The van der Waals surface area contributed by atoms with Gasteiger partial charge in [-0.3, -0.25) is 14.2 Å². The van der Waals surface area contributed by atoms with Gasteiger partial charge in [-0.1, -0.05) is 270 Å². The maximum Gasteiger partial charge on any atom is 0.306 e. The number of hydrogen-bond donors (Lipinski definition) is 1. The van der Waals surface area contributed by atoms with Gasteiger partial charge in [0.2, 0.25) is 5.91 Å². The van der Waals surface area contributed by atoms with E-state index in [4.69, 9.17) is 13.8 Å². The van der Waals surface area contributed by atoms with Gasteiger partial charge in [-0.15, -0.1) is 0 Å². The summed E-state index contributed by atoms with van der Waals surface area (Å²) in [5, 5.41) is 3.01. The minimum atomic E-state index is -4.73. The second-order valence-corrected chi connectivity index (χ2v) is 25.0. The molecule has 0 saturated carbocycles. The van der Waals surface area contributed by atoms with Crippen molar-refractivity contribution in [1.82, 2.24) is 5.32 Å². The molecule has 85 heavy (non-hydrogen) atoms. The molecule has 0 aliphatic heterocycles. The number of nitrogens with zero attached hydrogens (tertiary/aromatic N) is 1. The molecule has 3 unspecified atom stereocenters. The molecule has 0 aromatic rings. The molecule has 0 aliphatic rings. The summed E-state index contributed by atoms with van der Waals surface area (Å²) in [6.45, 7) is 6.58. The summed E-state index contributed by atoms with van der Waals surface area (Å²) in [6.07, 6.45) is 91.1. The Morgan fingerprint density at radius 1 is 0.424 bits per heavy atom. The Bertz CT molecular complexity index is 1960. The highest BCUT2D eigenvalue weighted by Gasteiger charge is 2.27. The molecule has 3 atom stereocenters. The van der Waals surface area contributed by atoms with Gasteiger partial charge in [0.1, 0.15) is 19.3 Å². The minimum absolute atomic E-state index is 0.0384. The number of nitrogens with one attached hydrogen (secondary N) is 1. The number of allylic oxidation sites excluding steroid dienone is 23. The van der Waals surface area contributed by atoms with Crippen LogP contribution in [0.2, 0.25) is 0 Å². The third-order valence-electron chi connectivity index (χ3n) is 14.3. The molecule has 0 spiro atoms. The quantitative estimate of drug-likeness (QED) is 0.0212. The zero-order valence-electron chi connectivity index (χ0n) is 55.3. The second kappa shape index (κ2) is 62.9. The van der Waals surface area contributed by atoms with Gasteiger partial charge in [-0.2, -0.15) is 0 Å². The van der Waals surface area contributed by atoms with E-state index in [9.17, 15) is 19.0 Å². The van der Waals surface area contributed by atoms with Crippen molar-refractivity contribution in [2.45, 2.75) is 277 Å². The first kappa shape index (κ1) is 80.9. The summed E-state index contributed by atoms with van der Waals surface area (Å²) < 4.78 is 30.4. The first-order valence-corrected chi connectivity index (χ1v) is 35.6. The van der Waals surface area contributed by atoms with E-state index < -0.39 is 26.6 Å². The third-order valence-corrected chi connectivity index (χ3v) is 15.2. The van der Waals surface area contributed by atoms with Crippen LogP contribution in [0.25, 0.3) is 0 Å². The van der Waals surface area contributed by atoms with Gasteiger partial charge in [0.15, 0.2) is 0 Å². The zero-order chi connectivity index (χ0) is 62.1. The van der Waals surface area contributed by atoms with Crippen LogP contribution in [0.15, 0.2) is 146 Å². The SMILES string of the molecule is CC/C=C\C/C=C\C/C=C\C/C=C\C/C=C\C/C=C\CCCCCCCCCCC(=O)OC(/C=C\CCCCCCCCCCCCC)C(COP(=O)([O-])OCC[N+](C)(C)C)NC(=O)CCCCC/C=C\C/C=C\C/C=C\C/C=C\C/C=C\CC. The van der Waals surface area contributed by atoms with Gasteiger partial charge in [-0.25, -0.2) is 0 Å². The maximum absolute atomic E-state index is 13.6. The van der Waals surface area contributed by atoms with E-state index in [1.807, 2.05) is 33.3 Å². The number of esters is 1. The van der Waals surface area contributed by atoms with E-state index in [2.05, 4.69) is 160 Å². The van der Waals surface area contributed by atoms with Crippen molar-refractivity contribution in [3.8, 4) is 0 Å². The number of phosphoric ester groups is 1. The molecule has 9 nitrogen and oxygen atoms in total. The van der Waals surface area contributed by atoms with Crippen LogP contribution in [0, 0.1) is 0 Å². The lowest BCUT2D eigenvalue weighted by atomic mass is 10.0. The van der Waals surface area contributed by atoms with Crippen molar-refractivity contribution in [3.05, 3.63) is 146 Å². The second-order valence-electron chi connectivity index (χ2n) is 23.6. The highest BCUT2D eigenvalue weighted by Crippen LogP contribution is 2.38. The van der Waals surface area contributed by atoms with Gasteiger partial charge >= 0.3 is 5.97 Å². The zero-order valence-corrected chi connectivity index (χ0v) is 56.1. The number of carbonyl (C=O) groups excluding carboxylic acids is 2. The number of amides is 1. The van der Waals surface area contributed by atoms with Crippen LogP contribution in [0.3, 0.4) is 0 Å². The van der Waals surface area contributed by atoms with Gasteiger partial charge in [0.25, 0.3) is 7.82 Å². The lowest BCUT2D eigenvalue weighted by Gasteiger charge is -2.30. The molecular weight excluding hydrogens is 1070 g/mol. The lowest BCUT2D eigenvalue weighted by Crippen LogP contribution is -2.47. The summed E-state index contributed by atoms with van der Waals surface area (Å²) in [4.78, 5) is 40.2. The van der Waals surface area contributed by atoms with E-state index in [0.717, 1.165) is 135 Å². The molecule has 1 N–H and O–H groups in total. The third kappa shape index (κ3) is 64.2. The smallest absolute Gasteiger partial charge is 0.306 e. The van der Waals surface area contributed by atoms with Crippen LogP contribution in [-0.2, 0) is 27.9 Å². The highest BCUT2D eigenvalue weighted by molar-refractivity contribution is 7.45. The van der Waals surface area contributed by atoms with Crippen molar-refractivity contribution in [1.29, 1.82) is 0 Å². The first-order valence-electron chi connectivity index (χ1n) is 34.1. The average Bonchev–Trinajstić information content (AvgIpc) is 3.50. The van der Waals surface area contributed by atoms with Gasteiger partial charge in [0, 0.05) is 12.8 Å². The first-order chi connectivity index (χ1) is 41.4. The van der Waals surface area contributed by atoms with Crippen LogP contribution >= 0.6 is 7.82 Å². The van der Waals surface area contributed by atoms with Crippen LogP contribution in [0.5, 0.6) is 0 Å². The number of carbonyl (C=O) groups is 2. The highest BCUT2D eigenvalue weighted by atomic mass is 31.2. The number of phosphoric acid groups is 1. The predicted molar refractivity (Wildman–Crippen MR) is 366 cm³/mol. The fourth-order valence-corrected chi connectivity index (χ4v) is 9.80. The van der Waals surface area contributed by atoms with Crippen LogP contribution in [0.1, 0.15) is 265 Å². The molecule has 0 fully saturated rings. The Morgan fingerprint density at radius 2 is 0.753 bits per heavy atom. The Hall–Kier alpha value is -4.11.